The third kappa shape index (κ3) is 2.97. The highest BCUT2D eigenvalue weighted by atomic mass is 14.9. The zero-order chi connectivity index (χ0) is 15.6. The highest BCUT2D eigenvalue weighted by Crippen LogP contribution is 2.14. The van der Waals surface area contributed by atoms with E-state index in [4.69, 9.17) is 0 Å². The second-order valence-electron chi connectivity index (χ2n) is 5.33. The van der Waals surface area contributed by atoms with Gasteiger partial charge in [-0.05, 0) is 46.7 Å². The first-order valence-corrected chi connectivity index (χ1v) is 6.90. The van der Waals surface area contributed by atoms with Crippen molar-refractivity contribution in [1.82, 2.24) is 0 Å². The van der Waals surface area contributed by atoms with E-state index >= 15 is 0 Å². The van der Waals surface area contributed by atoms with Gasteiger partial charge in [0.2, 0.25) is 0 Å². The third-order valence-corrected chi connectivity index (χ3v) is 3.56. The third-order valence-electron chi connectivity index (χ3n) is 3.56. The van der Waals surface area contributed by atoms with Gasteiger partial charge in [-0.15, -0.1) is 0 Å². The number of fused-ring (bicyclic) bond motifs is 1. The van der Waals surface area contributed by atoms with Crippen molar-refractivity contribution < 1.29 is 0 Å². The van der Waals surface area contributed by atoms with E-state index in [0.29, 0.717) is 0 Å². The molecule has 0 radical (unpaired) electrons. The minimum absolute atomic E-state index is 0.806. The van der Waals surface area contributed by atoms with Gasteiger partial charge in [0.25, 0.3) is 0 Å². The van der Waals surface area contributed by atoms with E-state index in [1.807, 2.05) is 31.2 Å². The van der Waals surface area contributed by atoms with Crippen LogP contribution in [0.3, 0.4) is 0 Å². The molecule has 2 aromatic carbocycles. The number of rotatable bonds is 4. The summed E-state index contributed by atoms with van der Waals surface area (Å²) in [4.78, 5) is 0. The lowest BCUT2D eigenvalue weighted by molar-refractivity contribution is 1.37. The molecular formula is C20H21N. The van der Waals surface area contributed by atoms with Crippen LogP contribution in [0.25, 0.3) is 23.9 Å². The maximum atomic E-state index is 4.23. The number of hydrogen-bond donors (Lipinski definition) is 1. The zero-order valence-corrected chi connectivity index (χ0v) is 12.8. The molecule has 0 aliphatic rings. The topological polar surface area (TPSA) is 12.0 Å². The van der Waals surface area contributed by atoms with E-state index in [0.717, 1.165) is 43.7 Å². The SMILES string of the molecule is C=C(C)/C=C\C(=C)Nc1c(C)c(=C)c2ccccc2c1=C. The minimum atomic E-state index is 0.806. The average molecular weight is 275 g/mol. The lowest BCUT2D eigenvalue weighted by Gasteiger charge is -2.14. The van der Waals surface area contributed by atoms with Gasteiger partial charge in [0, 0.05) is 11.4 Å². The minimum Gasteiger partial charge on any atom is -0.355 e. The van der Waals surface area contributed by atoms with E-state index in [1.165, 1.54) is 0 Å². The molecular weight excluding hydrogens is 254 g/mol. The van der Waals surface area contributed by atoms with Crippen molar-refractivity contribution in [2.24, 2.45) is 0 Å². The molecule has 106 valence electrons. The van der Waals surface area contributed by atoms with Gasteiger partial charge in [0.1, 0.15) is 0 Å². The Morgan fingerprint density at radius 2 is 1.57 bits per heavy atom. The fourth-order valence-electron chi connectivity index (χ4n) is 2.34. The summed E-state index contributed by atoms with van der Waals surface area (Å²) in [6.45, 7) is 20.3. The normalized spacial score (nSPS) is 11.0. The van der Waals surface area contributed by atoms with Gasteiger partial charge in [0.15, 0.2) is 0 Å². The van der Waals surface area contributed by atoms with Gasteiger partial charge in [0.05, 0.1) is 0 Å². The molecule has 0 saturated heterocycles. The molecule has 1 nitrogen and oxygen atoms in total. The number of anilines is 1. The molecule has 0 fully saturated rings. The van der Waals surface area contributed by atoms with Crippen LogP contribution in [0, 0.1) is 6.92 Å². The lowest BCUT2D eigenvalue weighted by atomic mass is 10.0. The van der Waals surface area contributed by atoms with Gasteiger partial charge in [-0.2, -0.15) is 0 Å². The molecule has 1 N–H and O–H groups in total. The van der Waals surface area contributed by atoms with Crippen LogP contribution in [0.5, 0.6) is 0 Å². The van der Waals surface area contributed by atoms with Gasteiger partial charge < -0.3 is 5.32 Å². The molecule has 2 rings (SSSR count). The monoisotopic (exact) mass is 275 g/mol. The highest BCUT2D eigenvalue weighted by molar-refractivity contribution is 5.89. The van der Waals surface area contributed by atoms with Crippen LogP contribution in [0.15, 0.2) is 60.8 Å². The molecule has 0 aromatic heterocycles. The first-order chi connectivity index (χ1) is 9.91. The predicted molar refractivity (Wildman–Crippen MR) is 95.7 cm³/mol. The lowest BCUT2D eigenvalue weighted by Crippen LogP contribution is -2.20. The summed E-state index contributed by atoms with van der Waals surface area (Å²) in [6.07, 6.45) is 3.85. The van der Waals surface area contributed by atoms with Crippen molar-refractivity contribution in [3.05, 3.63) is 76.8 Å². The first kappa shape index (κ1) is 14.9. The highest BCUT2D eigenvalue weighted by Gasteiger charge is 2.06. The van der Waals surface area contributed by atoms with E-state index in [-0.39, 0.29) is 0 Å². The molecule has 21 heavy (non-hydrogen) atoms. The maximum Gasteiger partial charge on any atom is 0.0493 e. The Labute approximate surface area is 126 Å². The Bertz CT molecular complexity index is 854. The van der Waals surface area contributed by atoms with Gasteiger partial charge >= 0.3 is 0 Å². The van der Waals surface area contributed by atoms with Crippen LogP contribution in [0.2, 0.25) is 0 Å². The standard InChI is InChI=1S/C20H21N/c1-13(2)11-12-14(3)21-20-16(5)15(4)18-9-7-8-10-19(18)17(20)6/h7-12,21H,1,3-4,6H2,2,5H3/b12-11-. The molecule has 0 aliphatic heterocycles. The average Bonchev–Trinajstić information content (AvgIpc) is 2.47. The van der Waals surface area contributed by atoms with E-state index in [9.17, 15) is 0 Å². The van der Waals surface area contributed by atoms with Crippen LogP contribution in [0.4, 0.5) is 5.69 Å². The predicted octanol–water partition coefficient (Wildman–Crippen LogP) is 4.03. The van der Waals surface area contributed by atoms with Crippen LogP contribution >= 0.6 is 0 Å². The number of nitrogens with one attached hydrogen (secondary N) is 1. The Morgan fingerprint density at radius 3 is 2.14 bits per heavy atom. The molecule has 2 aromatic rings. The fourth-order valence-corrected chi connectivity index (χ4v) is 2.34. The Morgan fingerprint density at radius 1 is 1.00 bits per heavy atom. The molecule has 0 bridgehead atoms. The largest absolute Gasteiger partial charge is 0.355 e. The van der Waals surface area contributed by atoms with Gasteiger partial charge in [-0.1, -0.05) is 62.2 Å². The number of benzene rings is 2. The molecule has 0 aliphatic carbocycles. The Kier molecular flexibility index (Phi) is 4.13. The van der Waals surface area contributed by atoms with Gasteiger partial charge in [-0.25, -0.2) is 0 Å². The molecule has 0 spiro atoms. The van der Waals surface area contributed by atoms with Crippen LogP contribution in [-0.4, -0.2) is 0 Å². The summed E-state index contributed by atoms with van der Waals surface area (Å²) < 4.78 is 0. The Balaban J connectivity index is 2.55. The molecule has 0 atom stereocenters. The van der Waals surface area contributed by atoms with Crippen molar-refractivity contribution in [2.75, 3.05) is 5.32 Å². The second kappa shape index (κ2) is 5.84. The maximum absolute atomic E-state index is 4.23. The summed E-state index contributed by atoms with van der Waals surface area (Å²) in [5, 5.41) is 7.60. The quantitative estimate of drug-likeness (QED) is 0.831. The summed E-state index contributed by atoms with van der Waals surface area (Å²) in [5.41, 5.74) is 3.88. The van der Waals surface area contributed by atoms with Crippen LogP contribution < -0.4 is 15.8 Å². The van der Waals surface area contributed by atoms with E-state index < -0.39 is 0 Å². The molecule has 1 heteroatoms. The Hall–Kier alpha value is -2.54. The zero-order valence-electron chi connectivity index (χ0n) is 12.8. The second-order valence-corrected chi connectivity index (χ2v) is 5.33. The summed E-state index contributed by atoms with van der Waals surface area (Å²) in [6, 6.07) is 8.20. The van der Waals surface area contributed by atoms with Crippen LogP contribution in [0.1, 0.15) is 12.5 Å². The van der Waals surface area contributed by atoms with Crippen molar-refractivity contribution in [3.8, 4) is 0 Å². The molecule has 0 saturated carbocycles. The smallest absolute Gasteiger partial charge is 0.0493 e. The van der Waals surface area contributed by atoms with E-state index in [2.05, 4.69) is 50.7 Å². The molecule has 0 amide bonds. The first-order valence-electron chi connectivity index (χ1n) is 6.90. The van der Waals surface area contributed by atoms with Crippen molar-refractivity contribution in [2.45, 2.75) is 13.8 Å². The molecule has 0 unspecified atom stereocenters. The number of hydrogen-bond acceptors (Lipinski definition) is 1. The van der Waals surface area contributed by atoms with Crippen molar-refractivity contribution >= 4 is 29.6 Å². The summed E-state index contributed by atoms with van der Waals surface area (Å²) >= 11 is 0. The summed E-state index contributed by atoms with van der Waals surface area (Å²) in [7, 11) is 0. The van der Waals surface area contributed by atoms with E-state index in [1.54, 1.807) is 0 Å². The van der Waals surface area contributed by atoms with Crippen molar-refractivity contribution in [1.29, 1.82) is 0 Å². The summed E-state index contributed by atoms with van der Waals surface area (Å²) in [5.74, 6) is 0. The fraction of sp³-hybridized carbons (Fsp3) is 0.100. The van der Waals surface area contributed by atoms with Crippen LogP contribution in [-0.2, 0) is 0 Å². The number of allylic oxidation sites excluding steroid dienone is 3. The van der Waals surface area contributed by atoms with Gasteiger partial charge in [-0.3, -0.25) is 0 Å². The molecule has 0 heterocycles. The van der Waals surface area contributed by atoms with Crippen molar-refractivity contribution in [3.63, 3.8) is 0 Å².